The Balaban J connectivity index is 1.57. The van der Waals surface area contributed by atoms with E-state index in [1.165, 1.54) is 9.69 Å². The molecule has 0 spiro atoms. The van der Waals surface area contributed by atoms with Gasteiger partial charge in [-0.1, -0.05) is 35.5 Å². The van der Waals surface area contributed by atoms with Crippen molar-refractivity contribution in [2.24, 2.45) is 0 Å². The molecule has 0 fully saturated rings. The van der Waals surface area contributed by atoms with Gasteiger partial charge < -0.3 is 14.7 Å². The molecule has 9 heteroatoms. The number of ether oxygens (including phenoxy) is 1. The van der Waals surface area contributed by atoms with Gasteiger partial charge in [-0.15, -0.1) is 10.2 Å². The zero-order valence-electron chi connectivity index (χ0n) is 14.5. The first-order chi connectivity index (χ1) is 13.2. The van der Waals surface area contributed by atoms with E-state index < -0.39 is 0 Å². The second-order valence-electron chi connectivity index (χ2n) is 5.91. The molecule has 1 aliphatic heterocycles. The average Bonchev–Trinajstić information content (AvgIpc) is 3.13. The van der Waals surface area contributed by atoms with Gasteiger partial charge in [0.1, 0.15) is 0 Å². The van der Waals surface area contributed by atoms with Crippen molar-refractivity contribution in [2.45, 2.75) is 22.9 Å². The number of tetrazole rings is 1. The summed E-state index contributed by atoms with van der Waals surface area (Å²) < 4.78 is 5.25. The van der Waals surface area contributed by atoms with Gasteiger partial charge in [-0.25, -0.2) is 0 Å². The first-order valence-corrected chi connectivity index (χ1v) is 9.73. The molecule has 2 heterocycles. The van der Waals surface area contributed by atoms with Gasteiger partial charge in [0.05, 0.1) is 44.3 Å². The number of aliphatic hydroxyl groups excluding tert-OH is 1. The average molecular weight is 404 g/mol. The zero-order valence-corrected chi connectivity index (χ0v) is 16.0. The third-order valence-corrected chi connectivity index (χ3v) is 5.42. The first-order valence-electron chi connectivity index (χ1n) is 8.54. The number of rotatable bonds is 7. The molecule has 7 nitrogen and oxygen atoms in total. The van der Waals surface area contributed by atoms with Crippen LogP contribution in [0.4, 0.5) is 11.4 Å². The molecule has 0 saturated carbocycles. The van der Waals surface area contributed by atoms with E-state index in [1.54, 1.807) is 11.8 Å². The predicted molar refractivity (Wildman–Crippen MR) is 104 cm³/mol. The lowest BCUT2D eigenvalue weighted by atomic mass is 10.2. The highest BCUT2D eigenvalue weighted by Crippen LogP contribution is 2.49. The summed E-state index contributed by atoms with van der Waals surface area (Å²) in [5, 5.41) is 22.1. The number of fused-ring (bicyclic) bond motifs is 2. The molecule has 27 heavy (non-hydrogen) atoms. The number of hydrogen-bond donors (Lipinski definition) is 1. The highest BCUT2D eigenvalue weighted by Gasteiger charge is 2.24. The zero-order chi connectivity index (χ0) is 18.6. The van der Waals surface area contributed by atoms with Gasteiger partial charge in [0.2, 0.25) is 0 Å². The molecule has 1 aromatic heterocycles. The van der Waals surface area contributed by atoms with Crippen LogP contribution in [-0.2, 0) is 17.8 Å². The van der Waals surface area contributed by atoms with E-state index in [-0.39, 0.29) is 6.61 Å². The van der Waals surface area contributed by atoms with Crippen LogP contribution in [0.3, 0.4) is 0 Å². The van der Waals surface area contributed by atoms with E-state index in [0.717, 1.165) is 16.3 Å². The van der Waals surface area contributed by atoms with Crippen molar-refractivity contribution < 1.29 is 9.84 Å². The molecule has 2 aromatic carbocycles. The molecule has 0 saturated heterocycles. The van der Waals surface area contributed by atoms with Gasteiger partial charge in [0, 0.05) is 14.8 Å². The Labute approximate surface area is 165 Å². The second kappa shape index (κ2) is 8.26. The number of benzene rings is 2. The van der Waals surface area contributed by atoms with Gasteiger partial charge in [-0.3, -0.25) is 0 Å². The highest BCUT2D eigenvalue weighted by atomic mass is 35.5. The van der Waals surface area contributed by atoms with Crippen LogP contribution in [0.1, 0.15) is 5.82 Å². The minimum Gasteiger partial charge on any atom is -0.394 e. The molecule has 0 bridgehead atoms. The molecular formula is C18H18ClN5O2S. The van der Waals surface area contributed by atoms with Gasteiger partial charge >= 0.3 is 0 Å². The Morgan fingerprint density at radius 2 is 1.93 bits per heavy atom. The molecule has 0 radical (unpaired) electrons. The van der Waals surface area contributed by atoms with E-state index in [2.05, 4.69) is 32.4 Å². The lowest BCUT2D eigenvalue weighted by Gasteiger charge is -2.31. The summed E-state index contributed by atoms with van der Waals surface area (Å²) in [6.45, 7) is 1.72. The minimum absolute atomic E-state index is 0.00435. The molecule has 1 aliphatic rings. The number of aliphatic hydroxyl groups is 1. The smallest absolute Gasteiger partial charge is 0.194 e. The fraction of sp³-hybridized carbons (Fsp3) is 0.278. The number of aromatic nitrogens is 4. The molecular weight excluding hydrogens is 386 g/mol. The van der Waals surface area contributed by atoms with Crippen LogP contribution in [0.25, 0.3) is 0 Å². The van der Waals surface area contributed by atoms with Crippen LogP contribution < -0.4 is 4.90 Å². The Bertz CT molecular complexity index is 936. The summed E-state index contributed by atoms with van der Waals surface area (Å²) in [4.78, 5) is 5.99. The van der Waals surface area contributed by atoms with Crippen LogP contribution in [-0.4, -0.2) is 45.1 Å². The summed E-state index contributed by atoms with van der Waals surface area (Å²) in [6.07, 6.45) is 0. The molecule has 0 unspecified atom stereocenters. The summed E-state index contributed by atoms with van der Waals surface area (Å²) in [7, 11) is 0. The van der Waals surface area contributed by atoms with Crippen LogP contribution >= 0.6 is 23.4 Å². The van der Waals surface area contributed by atoms with Crippen molar-refractivity contribution in [1.29, 1.82) is 0 Å². The summed E-state index contributed by atoms with van der Waals surface area (Å²) >= 11 is 7.97. The number of hydrogen-bond acceptors (Lipinski definition) is 7. The lowest BCUT2D eigenvalue weighted by Crippen LogP contribution is -2.21. The first kappa shape index (κ1) is 18.2. The van der Waals surface area contributed by atoms with Gasteiger partial charge in [-0.05, 0) is 35.5 Å². The van der Waals surface area contributed by atoms with Gasteiger partial charge in [0.15, 0.2) is 5.82 Å². The van der Waals surface area contributed by atoms with Crippen molar-refractivity contribution in [2.75, 3.05) is 24.7 Å². The molecule has 0 aliphatic carbocycles. The number of nitrogens with zero attached hydrogens (tertiary/aromatic N) is 5. The van der Waals surface area contributed by atoms with Gasteiger partial charge in [-0.2, -0.15) is 4.80 Å². The summed E-state index contributed by atoms with van der Waals surface area (Å²) in [6, 6.07) is 14.1. The third kappa shape index (κ3) is 4.08. The maximum absolute atomic E-state index is 8.74. The Hall–Kier alpha value is -2.13. The van der Waals surface area contributed by atoms with E-state index in [4.69, 9.17) is 21.4 Å². The molecule has 0 atom stereocenters. The SMILES string of the molecule is OCCOCCn1nnc(CN2c3ccccc3Sc3ccc(Cl)cc32)n1. The maximum atomic E-state index is 8.74. The van der Waals surface area contributed by atoms with Crippen molar-refractivity contribution in [3.05, 3.63) is 53.3 Å². The normalized spacial score (nSPS) is 12.7. The molecule has 3 aromatic rings. The fourth-order valence-corrected chi connectivity index (χ4v) is 4.10. The predicted octanol–water partition coefficient (Wildman–Crippen LogP) is 3.14. The monoisotopic (exact) mass is 403 g/mol. The Kier molecular flexibility index (Phi) is 5.58. The summed E-state index contributed by atoms with van der Waals surface area (Å²) in [5.41, 5.74) is 2.13. The highest BCUT2D eigenvalue weighted by molar-refractivity contribution is 7.99. The van der Waals surface area contributed by atoms with Crippen LogP contribution in [0.5, 0.6) is 0 Å². The number of halogens is 1. The van der Waals surface area contributed by atoms with E-state index in [9.17, 15) is 0 Å². The number of para-hydroxylation sites is 1. The van der Waals surface area contributed by atoms with Crippen molar-refractivity contribution >= 4 is 34.7 Å². The Morgan fingerprint density at radius 1 is 1.07 bits per heavy atom. The minimum atomic E-state index is 0.00435. The standard InChI is InChI=1S/C18H18ClN5O2S/c19-13-5-6-17-15(11-13)23(14-3-1-2-4-16(14)27-17)12-18-20-22-24(21-18)7-9-26-10-8-25/h1-6,11,25H,7-10,12H2. The maximum Gasteiger partial charge on any atom is 0.194 e. The van der Waals surface area contributed by atoms with Crippen molar-refractivity contribution in [3.63, 3.8) is 0 Å². The van der Waals surface area contributed by atoms with E-state index >= 15 is 0 Å². The van der Waals surface area contributed by atoms with E-state index in [0.29, 0.717) is 37.2 Å². The fourth-order valence-electron chi connectivity index (χ4n) is 2.86. The van der Waals surface area contributed by atoms with Crippen molar-refractivity contribution in [1.82, 2.24) is 20.2 Å². The lowest BCUT2D eigenvalue weighted by molar-refractivity contribution is 0.0831. The molecule has 0 amide bonds. The van der Waals surface area contributed by atoms with Crippen LogP contribution in [0, 0.1) is 0 Å². The van der Waals surface area contributed by atoms with Crippen LogP contribution in [0.2, 0.25) is 5.02 Å². The Morgan fingerprint density at radius 3 is 2.81 bits per heavy atom. The number of anilines is 2. The van der Waals surface area contributed by atoms with Gasteiger partial charge in [0.25, 0.3) is 0 Å². The van der Waals surface area contributed by atoms with E-state index in [1.807, 2.05) is 30.3 Å². The molecule has 1 N–H and O–H groups in total. The third-order valence-electron chi connectivity index (χ3n) is 4.05. The topological polar surface area (TPSA) is 76.3 Å². The molecule has 140 valence electrons. The quantitative estimate of drug-likeness (QED) is 0.607. The largest absolute Gasteiger partial charge is 0.394 e. The second-order valence-corrected chi connectivity index (χ2v) is 7.43. The van der Waals surface area contributed by atoms with Crippen LogP contribution in [0.15, 0.2) is 52.3 Å². The van der Waals surface area contributed by atoms with Crippen molar-refractivity contribution in [3.8, 4) is 0 Å². The molecule has 4 rings (SSSR count). The summed E-state index contributed by atoms with van der Waals surface area (Å²) in [5.74, 6) is 0.616.